The van der Waals surface area contributed by atoms with Crippen LogP contribution in [0.25, 0.3) is 0 Å². The Morgan fingerprint density at radius 3 is 2.64 bits per heavy atom. The van der Waals surface area contributed by atoms with Crippen LogP contribution in [-0.4, -0.2) is 18.7 Å². The number of pyridine rings is 1. The Morgan fingerprint density at radius 1 is 1.50 bits per heavy atom. The van der Waals surface area contributed by atoms with Crippen molar-refractivity contribution < 1.29 is 22.6 Å². The molecule has 0 amide bonds. The van der Waals surface area contributed by atoms with Gasteiger partial charge >= 0.3 is 6.61 Å². The van der Waals surface area contributed by atoms with Gasteiger partial charge in [0.05, 0.1) is 7.11 Å². The number of ether oxygens (including phenoxy) is 2. The number of halogens is 3. The van der Waals surface area contributed by atoms with E-state index in [4.69, 9.17) is 5.73 Å². The van der Waals surface area contributed by atoms with E-state index in [0.29, 0.717) is 6.07 Å². The number of nitrogens with two attached hydrogens (primary N) is 1. The monoisotopic (exact) mass is 208 g/mol. The second kappa shape index (κ2) is 4.03. The maximum absolute atomic E-state index is 12.8. The van der Waals surface area contributed by atoms with Crippen LogP contribution < -0.4 is 15.2 Å². The minimum absolute atomic E-state index is 0.288. The molecule has 1 rings (SSSR count). The predicted octanol–water partition coefficient (Wildman–Crippen LogP) is 1.41. The van der Waals surface area contributed by atoms with Gasteiger partial charge in [-0.15, -0.1) is 0 Å². The molecule has 0 aliphatic heterocycles. The summed E-state index contributed by atoms with van der Waals surface area (Å²) in [6.07, 6.45) is 0. The zero-order valence-electron chi connectivity index (χ0n) is 7.13. The highest BCUT2D eigenvalue weighted by atomic mass is 19.3. The molecule has 0 atom stereocenters. The van der Waals surface area contributed by atoms with E-state index >= 15 is 0 Å². The van der Waals surface area contributed by atoms with Crippen LogP contribution in [0.1, 0.15) is 0 Å². The lowest BCUT2D eigenvalue weighted by Crippen LogP contribution is -2.06. The first-order valence-corrected chi connectivity index (χ1v) is 3.49. The minimum atomic E-state index is -3.08. The lowest BCUT2D eigenvalue weighted by atomic mass is 10.4. The maximum Gasteiger partial charge on any atom is 0.387 e. The van der Waals surface area contributed by atoms with Crippen molar-refractivity contribution in [3.05, 3.63) is 11.9 Å². The van der Waals surface area contributed by atoms with Crippen molar-refractivity contribution in [2.75, 3.05) is 12.8 Å². The molecule has 14 heavy (non-hydrogen) atoms. The lowest BCUT2D eigenvalue weighted by Gasteiger charge is -2.09. The molecule has 0 saturated carbocycles. The number of anilines is 1. The number of alkyl halides is 2. The Labute approximate surface area is 77.4 Å². The molecule has 0 aliphatic carbocycles. The maximum atomic E-state index is 12.8. The normalized spacial score (nSPS) is 10.4. The molecule has 1 heterocycles. The smallest absolute Gasteiger partial charge is 0.387 e. The van der Waals surface area contributed by atoms with E-state index in [9.17, 15) is 13.2 Å². The summed E-state index contributed by atoms with van der Waals surface area (Å²) in [7, 11) is 1.18. The average Bonchev–Trinajstić information content (AvgIpc) is 2.10. The highest BCUT2D eigenvalue weighted by Crippen LogP contribution is 2.28. The molecule has 1 aromatic heterocycles. The van der Waals surface area contributed by atoms with Gasteiger partial charge in [-0.3, -0.25) is 0 Å². The molecule has 4 nitrogen and oxygen atoms in total. The van der Waals surface area contributed by atoms with E-state index in [1.54, 1.807) is 0 Å². The quantitative estimate of drug-likeness (QED) is 0.815. The number of hydrogen-bond donors (Lipinski definition) is 1. The van der Waals surface area contributed by atoms with Crippen molar-refractivity contribution in [3.63, 3.8) is 0 Å². The number of nitrogen functional groups attached to an aromatic ring is 1. The van der Waals surface area contributed by atoms with Crippen LogP contribution in [0, 0.1) is 5.82 Å². The fourth-order valence-corrected chi connectivity index (χ4v) is 0.795. The van der Waals surface area contributed by atoms with Crippen LogP contribution in [0.5, 0.6) is 11.6 Å². The summed E-state index contributed by atoms with van der Waals surface area (Å²) < 4.78 is 44.9. The molecule has 7 heteroatoms. The second-order valence-electron chi connectivity index (χ2n) is 2.24. The molecule has 0 unspecified atom stereocenters. The van der Waals surface area contributed by atoms with E-state index < -0.39 is 24.0 Å². The average molecular weight is 208 g/mol. The van der Waals surface area contributed by atoms with Crippen molar-refractivity contribution in [2.24, 2.45) is 0 Å². The van der Waals surface area contributed by atoms with Crippen molar-refractivity contribution in [1.29, 1.82) is 0 Å². The number of methoxy groups -OCH3 is 1. The van der Waals surface area contributed by atoms with E-state index in [0.717, 1.165) is 0 Å². The molecule has 0 fully saturated rings. The number of hydrogen-bond acceptors (Lipinski definition) is 4. The summed E-state index contributed by atoms with van der Waals surface area (Å²) in [5.41, 5.74) is 5.09. The molecule has 0 spiro atoms. The van der Waals surface area contributed by atoms with Crippen molar-refractivity contribution in [3.8, 4) is 11.6 Å². The summed E-state index contributed by atoms with van der Waals surface area (Å²) in [6, 6.07) is 0.688. The largest absolute Gasteiger partial charge is 0.478 e. The van der Waals surface area contributed by atoms with Gasteiger partial charge in [0, 0.05) is 6.07 Å². The van der Waals surface area contributed by atoms with Gasteiger partial charge in [-0.2, -0.15) is 13.8 Å². The number of rotatable bonds is 3. The number of aromatic nitrogens is 1. The number of nitrogens with zero attached hydrogens (tertiary/aromatic N) is 1. The molecule has 78 valence electrons. The van der Waals surface area contributed by atoms with Gasteiger partial charge < -0.3 is 15.2 Å². The van der Waals surface area contributed by atoms with Gasteiger partial charge in [0.1, 0.15) is 0 Å². The molecule has 0 bridgehead atoms. The van der Waals surface area contributed by atoms with E-state index in [1.807, 2.05) is 0 Å². The van der Waals surface area contributed by atoms with Crippen LogP contribution in [-0.2, 0) is 0 Å². The highest BCUT2D eigenvalue weighted by molar-refractivity contribution is 5.43. The van der Waals surface area contributed by atoms with Crippen molar-refractivity contribution in [1.82, 2.24) is 4.98 Å². The summed E-state index contributed by atoms with van der Waals surface area (Å²) in [6.45, 7) is -3.08. The lowest BCUT2D eigenvalue weighted by molar-refractivity contribution is -0.0517. The minimum Gasteiger partial charge on any atom is -0.478 e. The van der Waals surface area contributed by atoms with Crippen LogP contribution in [0.3, 0.4) is 0 Å². The summed E-state index contributed by atoms with van der Waals surface area (Å²) >= 11 is 0. The standard InChI is InChI=1S/C7H7F3N2O2/c1-13-6-4(14-7(9)10)2-3(8)5(11)12-6/h2,7H,1H3,(H2,11,12). The highest BCUT2D eigenvalue weighted by Gasteiger charge is 2.15. The van der Waals surface area contributed by atoms with Crippen LogP contribution >= 0.6 is 0 Å². The molecule has 1 aromatic rings. The molecule has 0 saturated heterocycles. The summed E-state index contributed by atoms with van der Waals surface area (Å²) in [5, 5.41) is 0. The first-order valence-electron chi connectivity index (χ1n) is 3.49. The van der Waals surface area contributed by atoms with E-state index in [1.165, 1.54) is 7.11 Å². The zero-order valence-corrected chi connectivity index (χ0v) is 7.13. The van der Waals surface area contributed by atoms with Crippen LogP contribution in [0.15, 0.2) is 6.07 Å². The molecule has 0 aliphatic rings. The van der Waals surface area contributed by atoms with Gasteiger partial charge in [0.15, 0.2) is 17.4 Å². The molecular formula is C7H7F3N2O2. The third-order valence-electron chi connectivity index (χ3n) is 1.34. The molecule has 2 N–H and O–H groups in total. The van der Waals surface area contributed by atoms with E-state index in [-0.39, 0.29) is 5.88 Å². The fourth-order valence-electron chi connectivity index (χ4n) is 0.795. The Balaban J connectivity index is 3.07. The van der Waals surface area contributed by atoms with Gasteiger partial charge in [-0.05, 0) is 0 Å². The van der Waals surface area contributed by atoms with Crippen molar-refractivity contribution >= 4 is 5.82 Å². The molecule has 0 aromatic carbocycles. The Morgan fingerprint density at radius 2 is 2.14 bits per heavy atom. The van der Waals surface area contributed by atoms with Crippen LogP contribution in [0.4, 0.5) is 19.0 Å². The van der Waals surface area contributed by atoms with Gasteiger partial charge in [0.25, 0.3) is 5.88 Å². The summed E-state index contributed by atoms with van der Waals surface area (Å²) in [4.78, 5) is 3.37. The Bertz CT molecular complexity index is 333. The Kier molecular flexibility index (Phi) is 3.00. The molecular weight excluding hydrogens is 201 g/mol. The third-order valence-corrected chi connectivity index (χ3v) is 1.34. The van der Waals surface area contributed by atoms with Gasteiger partial charge in [-0.25, -0.2) is 4.39 Å². The Hall–Kier alpha value is -1.66. The zero-order chi connectivity index (χ0) is 10.7. The first-order chi connectivity index (χ1) is 6.54. The molecule has 0 radical (unpaired) electrons. The van der Waals surface area contributed by atoms with Crippen LogP contribution in [0.2, 0.25) is 0 Å². The third kappa shape index (κ3) is 2.18. The van der Waals surface area contributed by atoms with Gasteiger partial charge in [0.2, 0.25) is 0 Å². The first kappa shape index (κ1) is 10.4. The van der Waals surface area contributed by atoms with Crippen molar-refractivity contribution in [2.45, 2.75) is 6.61 Å². The van der Waals surface area contributed by atoms with E-state index in [2.05, 4.69) is 14.5 Å². The summed E-state index contributed by atoms with van der Waals surface area (Å²) in [5.74, 6) is -2.16. The predicted molar refractivity (Wildman–Crippen MR) is 41.8 cm³/mol. The SMILES string of the molecule is COc1nc(N)c(F)cc1OC(F)F. The fraction of sp³-hybridized carbons (Fsp3) is 0.286. The second-order valence-corrected chi connectivity index (χ2v) is 2.24. The topological polar surface area (TPSA) is 57.4 Å². The van der Waals surface area contributed by atoms with Gasteiger partial charge in [-0.1, -0.05) is 0 Å².